The lowest BCUT2D eigenvalue weighted by Gasteiger charge is -2.29. The molecule has 140 valence electrons. The van der Waals surface area contributed by atoms with Gasteiger partial charge in [0.1, 0.15) is 0 Å². The monoisotopic (exact) mass is 368 g/mol. The smallest absolute Gasteiger partial charge is 0.269 e. The molecule has 1 aromatic heterocycles. The van der Waals surface area contributed by atoms with Gasteiger partial charge in [0, 0.05) is 43.1 Å². The van der Waals surface area contributed by atoms with Crippen LogP contribution in [-0.4, -0.2) is 39.0 Å². The van der Waals surface area contributed by atoms with Crippen molar-refractivity contribution >= 4 is 17.7 Å². The van der Waals surface area contributed by atoms with Gasteiger partial charge < -0.3 is 9.32 Å². The van der Waals surface area contributed by atoms with Gasteiger partial charge in [-0.3, -0.25) is 14.9 Å². The van der Waals surface area contributed by atoms with Crippen molar-refractivity contribution in [1.29, 1.82) is 0 Å². The van der Waals surface area contributed by atoms with E-state index in [0.29, 0.717) is 24.9 Å². The molecule has 0 radical (unpaired) electrons. The Kier molecular flexibility index (Phi) is 4.70. The van der Waals surface area contributed by atoms with E-state index in [0.717, 1.165) is 37.1 Å². The third-order valence-electron chi connectivity index (χ3n) is 5.06. The lowest BCUT2D eigenvalue weighted by Crippen LogP contribution is -2.36. The van der Waals surface area contributed by atoms with Crippen LogP contribution in [0.3, 0.4) is 0 Å². The Hall–Kier alpha value is -3.03. The van der Waals surface area contributed by atoms with E-state index in [1.165, 1.54) is 18.2 Å². The zero-order valence-corrected chi connectivity index (χ0v) is 14.8. The molecule has 1 aliphatic carbocycles. The average molecular weight is 368 g/mol. The predicted octanol–water partition coefficient (Wildman–Crippen LogP) is 3.27. The van der Waals surface area contributed by atoms with Gasteiger partial charge in [-0.25, -0.2) is 0 Å². The maximum Gasteiger partial charge on any atom is 0.269 e. The number of amides is 1. The van der Waals surface area contributed by atoms with Crippen molar-refractivity contribution in [3.05, 3.63) is 57.8 Å². The second-order valence-electron chi connectivity index (χ2n) is 7.03. The maximum atomic E-state index is 12.4. The number of hydrogen-bond donors (Lipinski definition) is 0. The van der Waals surface area contributed by atoms with Crippen LogP contribution in [0.1, 0.15) is 54.9 Å². The lowest BCUT2D eigenvalue weighted by molar-refractivity contribution is -0.384. The van der Waals surface area contributed by atoms with Crippen LogP contribution in [0, 0.1) is 10.1 Å². The Balaban J connectivity index is 1.30. The molecule has 27 heavy (non-hydrogen) atoms. The van der Waals surface area contributed by atoms with Gasteiger partial charge >= 0.3 is 0 Å². The molecule has 1 aromatic carbocycles. The summed E-state index contributed by atoms with van der Waals surface area (Å²) in [5, 5.41) is 19.0. The van der Waals surface area contributed by atoms with Crippen molar-refractivity contribution in [2.75, 3.05) is 13.1 Å². The number of benzene rings is 1. The highest BCUT2D eigenvalue weighted by atomic mass is 16.6. The molecular weight excluding hydrogens is 348 g/mol. The normalized spacial score (nSPS) is 18.1. The highest BCUT2D eigenvalue weighted by molar-refractivity contribution is 5.91. The SMILES string of the molecule is O=C(/C=C/c1ccc([N+](=O)[O-])cc1)N1CCC(c2nnc(C3CC3)o2)CC1. The summed E-state index contributed by atoms with van der Waals surface area (Å²) in [5.74, 6) is 2.07. The van der Waals surface area contributed by atoms with Gasteiger partial charge in [0.25, 0.3) is 5.69 Å². The Morgan fingerprint density at radius 3 is 2.22 bits per heavy atom. The van der Waals surface area contributed by atoms with Crippen LogP contribution >= 0.6 is 0 Å². The van der Waals surface area contributed by atoms with Crippen molar-refractivity contribution in [1.82, 2.24) is 15.1 Å². The number of rotatable bonds is 5. The molecule has 1 amide bonds. The van der Waals surface area contributed by atoms with E-state index >= 15 is 0 Å². The molecule has 2 fully saturated rings. The van der Waals surface area contributed by atoms with Gasteiger partial charge in [0.15, 0.2) is 0 Å². The van der Waals surface area contributed by atoms with Gasteiger partial charge in [-0.2, -0.15) is 0 Å². The summed E-state index contributed by atoms with van der Waals surface area (Å²) < 4.78 is 5.79. The molecule has 2 aromatic rings. The zero-order valence-electron chi connectivity index (χ0n) is 14.8. The quantitative estimate of drug-likeness (QED) is 0.456. The largest absolute Gasteiger partial charge is 0.425 e. The predicted molar refractivity (Wildman–Crippen MR) is 97.0 cm³/mol. The van der Waals surface area contributed by atoms with E-state index in [-0.39, 0.29) is 17.5 Å². The van der Waals surface area contributed by atoms with Gasteiger partial charge in [0.05, 0.1) is 4.92 Å². The van der Waals surface area contributed by atoms with Gasteiger partial charge in [0.2, 0.25) is 17.7 Å². The molecule has 2 aliphatic rings. The molecule has 0 unspecified atom stereocenters. The van der Waals surface area contributed by atoms with E-state index < -0.39 is 4.92 Å². The fourth-order valence-corrected chi connectivity index (χ4v) is 3.23. The summed E-state index contributed by atoms with van der Waals surface area (Å²) in [7, 11) is 0. The molecule has 2 heterocycles. The fraction of sp³-hybridized carbons (Fsp3) is 0.421. The summed E-state index contributed by atoms with van der Waals surface area (Å²) >= 11 is 0. The summed E-state index contributed by atoms with van der Waals surface area (Å²) in [6, 6.07) is 6.11. The van der Waals surface area contributed by atoms with E-state index in [2.05, 4.69) is 10.2 Å². The van der Waals surface area contributed by atoms with Crippen LogP contribution in [0.25, 0.3) is 6.08 Å². The molecule has 8 heteroatoms. The molecular formula is C19H20N4O4. The summed E-state index contributed by atoms with van der Waals surface area (Å²) in [6.07, 6.45) is 7.08. The molecule has 1 saturated carbocycles. The molecule has 0 bridgehead atoms. The number of carbonyl (C=O) groups is 1. The minimum absolute atomic E-state index is 0.0337. The lowest BCUT2D eigenvalue weighted by atomic mass is 9.97. The first-order valence-corrected chi connectivity index (χ1v) is 9.15. The van der Waals surface area contributed by atoms with Crippen molar-refractivity contribution in [3.8, 4) is 0 Å². The summed E-state index contributed by atoms with van der Waals surface area (Å²) in [5.41, 5.74) is 0.786. The fourth-order valence-electron chi connectivity index (χ4n) is 3.23. The average Bonchev–Trinajstić information content (AvgIpc) is 3.43. The molecule has 1 saturated heterocycles. The number of likely N-dealkylation sites (tertiary alicyclic amines) is 1. The second kappa shape index (κ2) is 7.30. The molecule has 0 N–H and O–H groups in total. The number of aromatic nitrogens is 2. The van der Waals surface area contributed by atoms with E-state index in [1.807, 2.05) is 0 Å². The van der Waals surface area contributed by atoms with E-state index in [1.54, 1.807) is 23.1 Å². The van der Waals surface area contributed by atoms with Gasteiger partial charge in [-0.15, -0.1) is 10.2 Å². The Morgan fingerprint density at radius 1 is 1.07 bits per heavy atom. The molecule has 8 nitrogen and oxygen atoms in total. The first-order chi connectivity index (χ1) is 13.1. The van der Waals surface area contributed by atoms with E-state index in [9.17, 15) is 14.9 Å². The number of hydrogen-bond acceptors (Lipinski definition) is 6. The first-order valence-electron chi connectivity index (χ1n) is 9.15. The van der Waals surface area contributed by atoms with Crippen LogP contribution in [0.4, 0.5) is 5.69 Å². The Morgan fingerprint density at radius 2 is 1.67 bits per heavy atom. The minimum Gasteiger partial charge on any atom is -0.425 e. The van der Waals surface area contributed by atoms with Crippen molar-refractivity contribution in [2.24, 2.45) is 0 Å². The summed E-state index contributed by atoms with van der Waals surface area (Å²) in [4.78, 5) is 24.4. The number of nitro benzene ring substituents is 1. The minimum atomic E-state index is -0.445. The van der Waals surface area contributed by atoms with Crippen molar-refractivity contribution in [2.45, 2.75) is 37.5 Å². The van der Waals surface area contributed by atoms with Gasteiger partial charge in [-0.1, -0.05) is 0 Å². The van der Waals surface area contributed by atoms with E-state index in [4.69, 9.17) is 4.42 Å². The van der Waals surface area contributed by atoms with Crippen LogP contribution in [-0.2, 0) is 4.79 Å². The maximum absolute atomic E-state index is 12.4. The molecule has 0 atom stereocenters. The molecule has 0 spiro atoms. The number of carbonyl (C=O) groups excluding carboxylic acids is 1. The van der Waals surface area contributed by atoms with Crippen LogP contribution in [0.5, 0.6) is 0 Å². The standard InChI is InChI=1S/C19H20N4O4/c24-17(8-3-13-1-6-16(7-2-13)23(25)26)22-11-9-15(10-12-22)19-21-20-18(27-19)14-4-5-14/h1-3,6-8,14-15H,4-5,9-12H2/b8-3+. The number of nitro groups is 1. The molecule has 1 aliphatic heterocycles. The Labute approximate surface area is 156 Å². The van der Waals surface area contributed by atoms with Crippen LogP contribution < -0.4 is 0 Å². The molecule has 4 rings (SSSR count). The number of piperidine rings is 1. The highest BCUT2D eigenvalue weighted by Crippen LogP contribution is 2.40. The first kappa shape index (κ1) is 17.4. The second-order valence-corrected chi connectivity index (χ2v) is 7.03. The third kappa shape index (κ3) is 4.05. The topological polar surface area (TPSA) is 102 Å². The third-order valence-corrected chi connectivity index (χ3v) is 5.06. The number of nitrogens with zero attached hydrogens (tertiary/aromatic N) is 4. The summed E-state index contributed by atoms with van der Waals surface area (Å²) in [6.45, 7) is 1.30. The Bertz CT molecular complexity index is 862. The zero-order chi connectivity index (χ0) is 18.8. The van der Waals surface area contributed by atoms with Crippen LogP contribution in [0.15, 0.2) is 34.8 Å². The highest BCUT2D eigenvalue weighted by Gasteiger charge is 2.32. The van der Waals surface area contributed by atoms with Crippen molar-refractivity contribution in [3.63, 3.8) is 0 Å². The number of non-ortho nitro benzene ring substituents is 1. The van der Waals surface area contributed by atoms with Crippen molar-refractivity contribution < 1.29 is 14.1 Å². The van der Waals surface area contributed by atoms with Crippen LogP contribution in [0.2, 0.25) is 0 Å². The van der Waals surface area contributed by atoms with Gasteiger partial charge in [-0.05, 0) is 49.5 Å².